The topological polar surface area (TPSA) is 64.1 Å². The Morgan fingerprint density at radius 3 is 2.83 bits per heavy atom. The van der Waals surface area contributed by atoms with Gasteiger partial charge in [0.05, 0.1) is 25.9 Å². The van der Waals surface area contributed by atoms with Gasteiger partial charge in [-0.1, -0.05) is 0 Å². The van der Waals surface area contributed by atoms with Crippen molar-refractivity contribution in [3.8, 4) is 11.5 Å². The zero-order chi connectivity index (χ0) is 15.9. The SMILES string of the molecule is CCNC(=NCC1CCCO1)Nc1ccc2c(c1)OCCCO2. The van der Waals surface area contributed by atoms with Gasteiger partial charge in [-0.3, -0.25) is 4.99 Å². The molecule has 1 aromatic carbocycles. The molecule has 126 valence electrons. The van der Waals surface area contributed by atoms with Crippen molar-refractivity contribution < 1.29 is 14.2 Å². The lowest BCUT2D eigenvalue weighted by Gasteiger charge is -2.14. The number of hydrogen-bond acceptors (Lipinski definition) is 4. The van der Waals surface area contributed by atoms with Gasteiger partial charge in [-0.2, -0.15) is 0 Å². The van der Waals surface area contributed by atoms with Crippen LogP contribution in [0.4, 0.5) is 5.69 Å². The van der Waals surface area contributed by atoms with Crippen LogP contribution in [0.5, 0.6) is 11.5 Å². The second-order valence-corrected chi connectivity index (χ2v) is 5.69. The van der Waals surface area contributed by atoms with Crippen LogP contribution in [0.3, 0.4) is 0 Å². The van der Waals surface area contributed by atoms with Crippen molar-refractivity contribution in [1.82, 2.24) is 5.32 Å². The standard InChI is InChI=1S/C17H25N3O3/c1-2-18-17(19-12-14-5-3-8-21-14)20-13-6-7-15-16(11-13)23-10-4-9-22-15/h6-7,11,14H,2-5,8-10,12H2,1H3,(H2,18,19,20). The maximum atomic E-state index is 5.73. The molecule has 0 bridgehead atoms. The largest absolute Gasteiger partial charge is 0.490 e. The summed E-state index contributed by atoms with van der Waals surface area (Å²) < 4.78 is 17.0. The molecular formula is C17H25N3O3. The highest BCUT2D eigenvalue weighted by Gasteiger charge is 2.15. The minimum absolute atomic E-state index is 0.245. The fourth-order valence-electron chi connectivity index (χ4n) is 2.67. The summed E-state index contributed by atoms with van der Waals surface area (Å²) in [5.41, 5.74) is 0.932. The molecule has 23 heavy (non-hydrogen) atoms. The van der Waals surface area contributed by atoms with Gasteiger partial charge in [0.2, 0.25) is 0 Å². The van der Waals surface area contributed by atoms with Crippen molar-refractivity contribution in [2.75, 3.05) is 38.2 Å². The van der Waals surface area contributed by atoms with Crippen molar-refractivity contribution in [3.05, 3.63) is 18.2 Å². The first kappa shape index (κ1) is 15.9. The van der Waals surface area contributed by atoms with E-state index in [4.69, 9.17) is 14.2 Å². The lowest BCUT2D eigenvalue weighted by atomic mass is 10.2. The van der Waals surface area contributed by atoms with Crippen molar-refractivity contribution >= 4 is 11.6 Å². The molecule has 1 atom stereocenters. The highest BCUT2D eigenvalue weighted by Crippen LogP contribution is 2.32. The molecule has 1 fully saturated rings. The van der Waals surface area contributed by atoms with Crippen molar-refractivity contribution in [2.24, 2.45) is 4.99 Å². The van der Waals surface area contributed by atoms with Crippen LogP contribution in [-0.4, -0.2) is 45.0 Å². The summed E-state index contributed by atoms with van der Waals surface area (Å²) in [7, 11) is 0. The molecular weight excluding hydrogens is 294 g/mol. The van der Waals surface area contributed by atoms with E-state index in [0.717, 1.165) is 55.6 Å². The van der Waals surface area contributed by atoms with E-state index in [2.05, 4.69) is 22.5 Å². The van der Waals surface area contributed by atoms with E-state index in [1.807, 2.05) is 18.2 Å². The maximum Gasteiger partial charge on any atom is 0.195 e. The smallest absolute Gasteiger partial charge is 0.195 e. The van der Waals surface area contributed by atoms with E-state index in [-0.39, 0.29) is 6.10 Å². The minimum atomic E-state index is 0.245. The van der Waals surface area contributed by atoms with Crippen LogP contribution in [0.25, 0.3) is 0 Å². The third-order valence-electron chi connectivity index (χ3n) is 3.83. The van der Waals surface area contributed by atoms with Gasteiger partial charge in [-0.15, -0.1) is 0 Å². The van der Waals surface area contributed by atoms with Gasteiger partial charge in [0.1, 0.15) is 0 Å². The molecule has 6 heteroatoms. The van der Waals surface area contributed by atoms with E-state index in [1.54, 1.807) is 0 Å². The van der Waals surface area contributed by atoms with E-state index in [1.165, 1.54) is 0 Å². The van der Waals surface area contributed by atoms with Gasteiger partial charge in [-0.05, 0) is 31.9 Å². The molecule has 3 rings (SSSR count). The summed E-state index contributed by atoms with van der Waals surface area (Å²) in [6.45, 7) is 5.78. The number of aliphatic imine (C=N–C) groups is 1. The van der Waals surface area contributed by atoms with Crippen LogP contribution in [0, 0.1) is 0 Å². The Bertz CT molecular complexity index is 542. The molecule has 2 aliphatic rings. The van der Waals surface area contributed by atoms with Gasteiger partial charge >= 0.3 is 0 Å². The fourth-order valence-corrected chi connectivity index (χ4v) is 2.67. The first-order valence-corrected chi connectivity index (χ1v) is 8.42. The highest BCUT2D eigenvalue weighted by molar-refractivity contribution is 5.93. The number of fused-ring (bicyclic) bond motifs is 1. The number of rotatable bonds is 4. The number of ether oxygens (including phenoxy) is 3. The number of anilines is 1. The van der Waals surface area contributed by atoms with Gasteiger partial charge in [0.25, 0.3) is 0 Å². The molecule has 0 aromatic heterocycles. The number of nitrogens with zero attached hydrogens (tertiary/aromatic N) is 1. The zero-order valence-corrected chi connectivity index (χ0v) is 13.6. The fraction of sp³-hybridized carbons (Fsp3) is 0.588. The summed E-state index contributed by atoms with van der Waals surface area (Å²) >= 11 is 0. The first-order valence-electron chi connectivity index (χ1n) is 8.42. The minimum Gasteiger partial charge on any atom is -0.490 e. The molecule has 0 radical (unpaired) electrons. The third kappa shape index (κ3) is 4.51. The molecule has 2 aliphatic heterocycles. The van der Waals surface area contributed by atoms with E-state index in [0.29, 0.717) is 19.8 Å². The second-order valence-electron chi connectivity index (χ2n) is 5.69. The summed E-state index contributed by atoms with van der Waals surface area (Å²) in [5.74, 6) is 2.34. The first-order chi connectivity index (χ1) is 11.3. The molecule has 1 aromatic rings. The van der Waals surface area contributed by atoms with Crippen LogP contribution in [0.1, 0.15) is 26.2 Å². The molecule has 0 spiro atoms. The quantitative estimate of drug-likeness (QED) is 0.659. The Morgan fingerprint density at radius 2 is 2.04 bits per heavy atom. The third-order valence-corrected chi connectivity index (χ3v) is 3.83. The Labute approximate surface area is 137 Å². The van der Waals surface area contributed by atoms with Crippen LogP contribution >= 0.6 is 0 Å². The molecule has 2 heterocycles. The highest BCUT2D eigenvalue weighted by atomic mass is 16.5. The lowest BCUT2D eigenvalue weighted by Crippen LogP contribution is -2.31. The summed E-state index contributed by atoms with van der Waals surface area (Å²) in [5, 5.41) is 6.58. The van der Waals surface area contributed by atoms with Crippen LogP contribution in [-0.2, 0) is 4.74 Å². The van der Waals surface area contributed by atoms with Crippen LogP contribution in [0.2, 0.25) is 0 Å². The van der Waals surface area contributed by atoms with E-state index >= 15 is 0 Å². The number of guanidine groups is 1. The van der Waals surface area contributed by atoms with Gasteiger partial charge in [0, 0.05) is 31.3 Å². The van der Waals surface area contributed by atoms with Crippen molar-refractivity contribution in [2.45, 2.75) is 32.3 Å². The van der Waals surface area contributed by atoms with Crippen molar-refractivity contribution in [3.63, 3.8) is 0 Å². The molecule has 6 nitrogen and oxygen atoms in total. The number of benzene rings is 1. The van der Waals surface area contributed by atoms with Gasteiger partial charge < -0.3 is 24.8 Å². The number of nitrogens with one attached hydrogen (secondary N) is 2. The molecule has 0 saturated carbocycles. The predicted octanol–water partition coefficient (Wildman–Crippen LogP) is 2.40. The molecule has 1 unspecified atom stereocenters. The monoisotopic (exact) mass is 319 g/mol. The lowest BCUT2D eigenvalue weighted by molar-refractivity contribution is 0.118. The maximum absolute atomic E-state index is 5.73. The second kappa shape index (κ2) is 8.06. The zero-order valence-electron chi connectivity index (χ0n) is 13.6. The molecule has 0 amide bonds. The normalized spacial score (nSPS) is 20.9. The summed E-state index contributed by atoms with van der Waals surface area (Å²) in [6.07, 6.45) is 3.37. The van der Waals surface area contributed by atoms with Crippen LogP contribution < -0.4 is 20.1 Å². The van der Waals surface area contributed by atoms with Crippen LogP contribution in [0.15, 0.2) is 23.2 Å². The van der Waals surface area contributed by atoms with E-state index < -0.39 is 0 Å². The van der Waals surface area contributed by atoms with E-state index in [9.17, 15) is 0 Å². The Morgan fingerprint density at radius 1 is 1.17 bits per heavy atom. The van der Waals surface area contributed by atoms with Crippen molar-refractivity contribution in [1.29, 1.82) is 0 Å². The average Bonchev–Trinajstić information content (AvgIpc) is 2.97. The van der Waals surface area contributed by atoms with Gasteiger partial charge in [-0.25, -0.2) is 0 Å². The summed E-state index contributed by atoms with van der Waals surface area (Å²) in [4.78, 5) is 4.62. The predicted molar refractivity (Wildman–Crippen MR) is 90.6 cm³/mol. The Kier molecular flexibility index (Phi) is 5.58. The van der Waals surface area contributed by atoms with Gasteiger partial charge in [0.15, 0.2) is 17.5 Å². The molecule has 2 N–H and O–H groups in total. The molecule has 1 saturated heterocycles. The Hall–Kier alpha value is -1.95. The molecule has 0 aliphatic carbocycles. The average molecular weight is 319 g/mol. The summed E-state index contributed by atoms with van der Waals surface area (Å²) in [6, 6.07) is 5.87. The Balaban J connectivity index is 1.66. The number of hydrogen-bond donors (Lipinski definition) is 2.